The van der Waals surface area contributed by atoms with Crippen LogP contribution in [0.2, 0.25) is 0 Å². The third-order valence-corrected chi connectivity index (χ3v) is 7.76. The van der Waals surface area contributed by atoms with E-state index in [1.54, 1.807) is 30.3 Å². The van der Waals surface area contributed by atoms with Crippen molar-refractivity contribution in [3.63, 3.8) is 0 Å². The molecule has 4 rings (SSSR count). The number of nitro groups is 1. The maximum absolute atomic E-state index is 13.5. The third kappa shape index (κ3) is 5.30. The second kappa shape index (κ2) is 9.67. The van der Waals surface area contributed by atoms with Crippen molar-refractivity contribution in [3.8, 4) is 0 Å². The summed E-state index contributed by atoms with van der Waals surface area (Å²) in [5.41, 5.74) is 2.32. The van der Waals surface area contributed by atoms with Crippen LogP contribution in [0.1, 0.15) is 29.3 Å². The minimum atomic E-state index is -3.84. The van der Waals surface area contributed by atoms with E-state index < -0.39 is 20.9 Å². The first-order chi connectivity index (χ1) is 16.5. The molecule has 3 aromatic carbocycles. The zero-order valence-corrected chi connectivity index (χ0v) is 21.4. The van der Waals surface area contributed by atoms with Crippen molar-refractivity contribution in [2.45, 2.75) is 31.2 Å². The van der Waals surface area contributed by atoms with E-state index in [0.717, 1.165) is 5.56 Å². The first-order valence-corrected chi connectivity index (χ1v) is 13.1. The number of fused-ring (bicyclic) bond motifs is 1. The third-order valence-electron chi connectivity index (χ3n) is 5.69. The maximum Gasteiger partial charge on any atom is 0.284 e. The van der Waals surface area contributed by atoms with Gasteiger partial charge in [-0.25, -0.2) is 8.42 Å². The van der Waals surface area contributed by atoms with Gasteiger partial charge in [-0.1, -0.05) is 17.7 Å². The van der Waals surface area contributed by atoms with Gasteiger partial charge in [-0.2, -0.15) is 0 Å². The Morgan fingerprint density at radius 2 is 1.86 bits per heavy atom. The van der Waals surface area contributed by atoms with Gasteiger partial charge in [0, 0.05) is 24.2 Å². The normalized spacial score (nSPS) is 15.5. The number of aryl methyl sites for hydroxylation is 1. The SMILES string of the molecule is Cc1ccc(S(=O)(=O)Nc2ccc3c(c2)N(C(=O)c2ccc(Br)c([N+](=O)[O-])c2)CCC(C)N3)cc1. The maximum atomic E-state index is 13.5. The predicted octanol–water partition coefficient (Wildman–Crippen LogP) is 5.32. The highest BCUT2D eigenvalue weighted by Gasteiger charge is 2.27. The number of nitro benzene ring substituents is 1. The molecule has 1 atom stereocenters. The Morgan fingerprint density at radius 3 is 2.54 bits per heavy atom. The van der Waals surface area contributed by atoms with Crippen LogP contribution in [0.5, 0.6) is 0 Å². The Bertz CT molecular complexity index is 1410. The molecule has 1 aliphatic rings. The zero-order valence-electron chi connectivity index (χ0n) is 19.0. The summed E-state index contributed by atoms with van der Waals surface area (Å²) in [4.78, 5) is 25.9. The van der Waals surface area contributed by atoms with E-state index in [1.165, 1.54) is 35.2 Å². The van der Waals surface area contributed by atoms with Crippen molar-refractivity contribution in [1.82, 2.24) is 0 Å². The Kier molecular flexibility index (Phi) is 6.82. The van der Waals surface area contributed by atoms with Gasteiger partial charge in [0.25, 0.3) is 21.6 Å². The number of hydrogen-bond acceptors (Lipinski definition) is 6. The molecular formula is C24H23BrN4O5S. The van der Waals surface area contributed by atoms with Crippen LogP contribution >= 0.6 is 15.9 Å². The number of halogens is 1. The molecule has 11 heteroatoms. The van der Waals surface area contributed by atoms with Gasteiger partial charge in [0.15, 0.2) is 0 Å². The topological polar surface area (TPSA) is 122 Å². The van der Waals surface area contributed by atoms with Crippen LogP contribution in [-0.4, -0.2) is 31.8 Å². The molecule has 0 radical (unpaired) electrons. The fraction of sp³-hybridized carbons (Fsp3) is 0.208. The zero-order chi connectivity index (χ0) is 25.3. The Balaban J connectivity index is 1.71. The summed E-state index contributed by atoms with van der Waals surface area (Å²) in [6, 6.07) is 15.7. The molecule has 1 amide bonds. The van der Waals surface area contributed by atoms with E-state index in [2.05, 4.69) is 26.0 Å². The fourth-order valence-electron chi connectivity index (χ4n) is 3.81. The van der Waals surface area contributed by atoms with Crippen LogP contribution < -0.4 is 14.9 Å². The van der Waals surface area contributed by atoms with Crippen molar-refractivity contribution in [1.29, 1.82) is 0 Å². The van der Waals surface area contributed by atoms with Crippen LogP contribution in [-0.2, 0) is 10.0 Å². The first kappa shape index (κ1) is 24.7. The highest BCUT2D eigenvalue weighted by molar-refractivity contribution is 9.10. The molecule has 0 aromatic heterocycles. The van der Waals surface area contributed by atoms with Gasteiger partial charge in [-0.05, 0) is 78.7 Å². The number of rotatable bonds is 5. The molecule has 1 heterocycles. The lowest BCUT2D eigenvalue weighted by Crippen LogP contribution is -2.32. The van der Waals surface area contributed by atoms with Gasteiger partial charge in [-0.15, -0.1) is 0 Å². The number of carbonyl (C=O) groups excluding carboxylic acids is 1. The minimum Gasteiger partial charge on any atom is -0.381 e. The fourth-order valence-corrected chi connectivity index (χ4v) is 5.25. The summed E-state index contributed by atoms with van der Waals surface area (Å²) in [5, 5.41) is 14.7. The average molecular weight is 559 g/mol. The summed E-state index contributed by atoms with van der Waals surface area (Å²) in [6.45, 7) is 4.20. The van der Waals surface area contributed by atoms with Gasteiger partial charge in [0.1, 0.15) is 0 Å². The molecule has 3 aromatic rings. The van der Waals surface area contributed by atoms with E-state index in [4.69, 9.17) is 0 Å². The van der Waals surface area contributed by atoms with Gasteiger partial charge in [0.05, 0.1) is 31.4 Å². The lowest BCUT2D eigenvalue weighted by Gasteiger charge is -2.23. The molecular weight excluding hydrogens is 536 g/mol. The highest BCUT2D eigenvalue weighted by atomic mass is 79.9. The molecule has 1 aliphatic heterocycles. The second-order valence-corrected chi connectivity index (χ2v) is 10.9. The molecule has 0 bridgehead atoms. The smallest absolute Gasteiger partial charge is 0.284 e. The largest absolute Gasteiger partial charge is 0.381 e. The van der Waals surface area contributed by atoms with Gasteiger partial charge in [0.2, 0.25) is 0 Å². The Labute approximate surface area is 211 Å². The number of anilines is 3. The first-order valence-electron chi connectivity index (χ1n) is 10.8. The number of amides is 1. The Morgan fingerprint density at radius 1 is 1.14 bits per heavy atom. The molecule has 0 saturated heterocycles. The quantitative estimate of drug-likeness (QED) is 0.323. The summed E-state index contributed by atoms with van der Waals surface area (Å²) >= 11 is 3.14. The van der Waals surface area contributed by atoms with E-state index >= 15 is 0 Å². The number of nitrogens with one attached hydrogen (secondary N) is 2. The predicted molar refractivity (Wildman–Crippen MR) is 139 cm³/mol. The molecule has 182 valence electrons. The van der Waals surface area contributed by atoms with E-state index in [-0.39, 0.29) is 26.7 Å². The van der Waals surface area contributed by atoms with Crippen molar-refractivity contribution >= 4 is 54.6 Å². The molecule has 9 nitrogen and oxygen atoms in total. The highest BCUT2D eigenvalue weighted by Crippen LogP contribution is 2.35. The summed E-state index contributed by atoms with van der Waals surface area (Å²) in [7, 11) is -3.84. The molecule has 1 unspecified atom stereocenters. The van der Waals surface area contributed by atoms with Gasteiger partial charge < -0.3 is 10.2 Å². The van der Waals surface area contributed by atoms with Gasteiger partial charge in [-0.3, -0.25) is 19.6 Å². The van der Waals surface area contributed by atoms with Crippen molar-refractivity contribution in [3.05, 3.63) is 86.4 Å². The van der Waals surface area contributed by atoms with Crippen LogP contribution in [0.25, 0.3) is 0 Å². The lowest BCUT2D eigenvalue weighted by molar-refractivity contribution is -0.385. The summed E-state index contributed by atoms with van der Waals surface area (Å²) < 4.78 is 28.6. The number of hydrogen-bond donors (Lipinski definition) is 2. The number of nitrogens with zero attached hydrogens (tertiary/aromatic N) is 2. The van der Waals surface area contributed by atoms with Gasteiger partial charge >= 0.3 is 0 Å². The van der Waals surface area contributed by atoms with Crippen molar-refractivity contribution in [2.75, 3.05) is 21.5 Å². The van der Waals surface area contributed by atoms with Crippen LogP contribution in [0.15, 0.2) is 70.0 Å². The van der Waals surface area contributed by atoms with E-state index in [1.807, 2.05) is 13.8 Å². The molecule has 0 aliphatic carbocycles. The Hall–Kier alpha value is -3.44. The minimum absolute atomic E-state index is 0.0564. The number of benzene rings is 3. The van der Waals surface area contributed by atoms with E-state index in [9.17, 15) is 23.3 Å². The molecule has 35 heavy (non-hydrogen) atoms. The summed E-state index contributed by atoms with van der Waals surface area (Å²) in [5.74, 6) is -0.420. The summed E-state index contributed by atoms with van der Waals surface area (Å²) in [6.07, 6.45) is 0.628. The standard InChI is InChI=1S/C24H23BrN4O5S/c1-15-3-7-19(8-4-15)35(33,34)27-18-6-10-21-23(14-18)28(12-11-16(2)26-21)24(30)17-5-9-20(25)22(13-17)29(31)32/h3-10,13-14,16,26-27H,11-12H2,1-2H3. The van der Waals surface area contributed by atoms with Crippen molar-refractivity contribution in [2.24, 2.45) is 0 Å². The average Bonchev–Trinajstić information content (AvgIpc) is 2.96. The van der Waals surface area contributed by atoms with Crippen LogP contribution in [0.4, 0.5) is 22.7 Å². The molecule has 0 saturated carbocycles. The molecule has 0 spiro atoms. The number of carbonyl (C=O) groups is 1. The number of sulfonamides is 1. The molecule has 2 N–H and O–H groups in total. The monoisotopic (exact) mass is 558 g/mol. The van der Waals surface area contributed by atoms with Crippen LogP contribution in [0, 0.1) is 17.0 Å². The van der Waals surface area contributed by atoms with Crippen molar-refractivity contribution < 1.29 is 18.1 Å². The van der Waals surface area contributed by atoms with E-state index in [0.29, 0.717) is 30.0 Å². The van der Waals surface area contributed by atoms with Crippen LogP contribution in [0.3, 0.4) is 0 Å². The second-order valence-electron chi connectivity index (χ2n) is 8.36. The molecule has 0 fully saturated rings. The lowest BCUT2D eigenvalue weighted by atomic mass is 10.1.